The summed E-state index contributed by atoms with van der Waals surface area (Å²) < 4.78 is 0. The third kappa shape index (κ3) is 3.51. The highest BCUT2D eigenvalue weighted by atomic mass is 35.5. The molecule has 4 rings (SSSR count). The zero-order valence-corrected chi connectivity index (χ0v) is 17.0. The second-order valence-electron chi connectivity index (χ2n) is 6.37. The summed E-state index contributed by atoms with van der Waals surface area (Å²) >= 11 is 13.4. The molecule has 0 radical (unpaired) electrons. The molecule has 0 spiro atoms. The topological polar surface area (TPSA) is 77.8 Å². The summed E-state index contributed by atoms with van der Waals surface area (Å²) in [7, 11) is 0. The van der Waals surface area contributed by atoms with Gasteiger partial charge in [-0.05, 0) is 47.3 Å². The van der Waals surface area contributed by atoms with Crippen LogP contribution in [-0.2, 0) is 4.79 Å². The van der Waals surface area contributed by atoms with E-state index < -0.39 is 23.5 Å². The number of aromatic hydroxyl groups is 1. The number of aliphatic hydroxyl groups excluding tert-OH is 1. The molecule has 0 saturated carbocycles. The van der Waals surface area contributed by atoms with Crippen LogP contribution in [0.3, 0.4) is 0 Å². The van der Waals surface area contributed by atoms with E-state index in [9.17, 15) is 19.8 Å². The number of phenols is 1. The van der Waals surface area contributed by atoms with E-state index in [1.165, 1.54) is 46.6 Å². The number of rotatable bonds is 4. The van der Waals surface area contributed by atoms with Crippen molar-refractivity contribution in [2.24, 2.45) is 0 Å². The lowest BCUT2D eigenvalue weighted by molar-refractivity contribution is -0.117. The van der Waals surface area contributed by atoms with Crippen molar-refractivity contribution in [3.63, 3.8) is 0 Å². The minimum atomic E-state index is -0.910. The van der Waals surface area contributed by atoms with Crippen molar-refractivity contribution in [2.75, 3.05) is 4.90 Å². The van der Waals surface area contributed by atoms with E-state index in [0.29, 0.717) is 26.2 Å². The Morgan fingerprint density at radius 2 is 1.66 bits per heavy atom. The van der Waals surface area contributed by atoms with Crippen LogP contribution in [0.2, 0.25) is 10.0 Å². The van der Waals surface area contributed by atoms with Gasteiger partial charge in [-0.25, -0.2) is 0 Å². The fraction of sp³-hybridized carbons (Fsp3) is 0.0476. The largest absolute Gasteiger partial charge is 0.508 e. The van der Waals surface area contributed by atoms with Gasteiger partial charge >= 0.3 is 0 Å². The average Bonchev–Trinajstić information content (AvgIpc) is 3.29. The molecule has 2 heterocycles. The van der Waals surface area contributed by atoms with E-state index >= 15 is 0 Å². The quantitative estimate of drug-likeness (QED) is 0.516. The second kappa shape index (κ2) is 7.55. The zero-order valence-electron chi connectivity index (χ0n) is 14.7. The number of amides is 1. The molecule has 1 aliphatic rings. The van der Waals surface area contributed by atoms with E-state index in [0.717, 1.165) is 0 Å². The van der Waals surface area contributed by atoms with Gasteiger partial charge in [-0.2, -0.15) is 0 Å². The first-order chi connectivity index (χ1) is 13.9. The second-order valence-corrected chi connectivity index (χ2v) is 8.19. The highest BCUT2D eigenvalue weighted by Crippen LogP contribution is 2.43. The van der Waals surface area contributed by atoms with Gasteiger partial charge in [0.15, 0.2) is 5.76 Å². The molecule has 2 aromatic carbocycles. The summed E-state index contributed by atoms with van der Waals surface area (Å²) in [6.07, 6.45) is 0. The Morgan fingerprint density at radius 1 is 1.00 bits per heavy atom. The number of benzene rings is 2. The number of carbonyl (C=O) groups excluding carboxylic acids is 2. The Balaban J connectivity index is 1.90. The SMILES string of the molecule is O=C(C1=C(O)C(=O)N(c2cc(Cl)cc(Cl)c2)C1c1ccc(O)cc1)c1cccs1. The predicted octanol–water partition coefficient (Wildman–Crippen LogP) is 5.54. The maximum absolute atomic E-state index is 13.1. The number of ketones is 1. The van der Waals surface area contributed by atoms with Gasteiger partial charge in [0, 0.05) is 15.7 Å². The summed E-state index contributed by atoms with van der Waals surface area (Å²) in [6.45, 7) is 0. The average molecular weight is 446 g/mol. The number of halogens is 2. The lowest BCUT2D eigenvalue weighted by Crippen LogP contribution is -2.31. The molecule has 0 saturated heterocycles. The molecule has 0 bridgehead atoms. The summed E-state index contributed by atoms with van der Waals surface area (Å²) in [5.41, 5.74) is 0.835. The number of hydrogen-bond donors (Lipinski definition) is 2. The number of hydrogen-bond acceptors (Lipinski definition) is 5. The van der Waals surface area contributed by atoms with Crippen molar-refractivity contribution in [3.05, 3.63) is 91.8 Å². The minimum absolute atomic E-state index is 0.0368. The molecule has 3 aromatic rings. The van der Waals surface area contributed by atoms with Gasteiger partial charge in [0.1, 0.15) is 5.75 Å². The molecule has 1 amide bonds. The van der Waals surface area contributed by atoms with E-state index in [-0.39, 0.29) is 11.3 Å². The van der Waals surface area contributed by atoms with Crippen molar-refractivity contribution in [2.45, 2.75) is 6.04 Å². The van der Waals surface area contributed by atoms with Gasteiger partial charge in [-0.15, -0.1) is 11.3 Å². The minimum Gasteiger partial charge on any atom is -0.508 e. The number of phenolic OH excluding ortho intramolecular Hbond substituents is 1. The summed E-state index contributed by atoms with van der Waals surface area (Å²) in [4.78, 5) is 27.8. The van der Waals surface area contributed by atoms with Crippen molar-refractivity contribution in [1.29, 1.82) is 0 Å². The van der Waals surface area contributed by atoms with Crippen LogP contribution in [0.1, 0.15) is 21.3 Å². The van der Waals surface area contributed by atoms with Crippen LogP contribution in [0, 0.1) is 0 Å². The van der Waals surface area contributed by atoms with Gasteiger partial charge in [-0.3, -0.25) is 14.5 Å². The maximum atomic E-state index is 13.1. The van der Waals surface area contributed by atoms with Crippen molar-refractivity contribution < 1.29 is 19.8 Å². The van der Waals surface area contributed by atoms with Crippen LogP contribution in [0.15, 0.2) is 71.3 Å². The fourth-order valence-electron chi connectivity index (χ4n) is 3.29. The maximum Gasteiger partial charge on any atom is 0.294 e. The van der Waals surface area contributed by atoms with E-state index in [2.05, 4.69) is 0 Å². The zero-order chi connectivity index (χ0) is 20.7. The number of anilines is 1. The fourth-order valence-corrected chi connectivity index (χ4v) is 4.49. The molecule has 1 aliphatic heterocycles. The Kier molecular flexibility index (Phi) is 5.08. The first kappa shape index (κ1) is 19.5. The first-order valence-electron chi connectivity index (χ1n) is 8.46. The number of nitrogens with zero attached hydrogens (tertiary/aromatic N) is 1. The van der Waals surface area contributed by atoms with Crippen LogP contribution in [-0.4, -0.2) is 21.9 Å². The molecule has 1 aromatic heterocycles. The Bertz CT molecular complexity index is 1120. The molecule has 1 unspecified atom stereocenters. The lowest BCUT2D eigenvalue weighted by Gasteiger charge is -2.27. The van der Waals surface area contributed by atoms with Gasteiger partial charge < -0.3 is 10.2 Å². The standard InChI is InChI=1S/C21H13Cl2NO4S/c22-12-8-13(23)10-14(9-12)24-18(11-3-5-15(25)6-4-11)17(20(27)21(24)28)19(26)16-2-1-7-29-16/h1-10,18,25,27H. The molecule has 146 valence electrons. The summed E-state index contributed by atoms with van der Waals surface area (Å²) in [5, 5.41) is 22.6. The van der Waals surface area contributed by atoms with E-state index in [1.807, 2.05) is 0 Å². The van der Waals surface area contributed by atoms with Crippen LogP contribution in [0.25, 0.3) is 0 Å². The Morgan fingerprint density at radius 3 is 2.24 bits per heavy atom. The molecule has 0 aliphatic carbocycles. The monoisotopic (exact) mass is 445 g/mol. The number of thiophene rings is 1. The molecular formula is C21H13Cl2NO4S. The summed E-state index contributed by atoms with van der Waals surface area (Å²) in [5.74, 6) is -1.77. The third-order valence-corrected chi connectivity index (χ3v) is 5.84. The number of Topliss-reactive ketones (excluding diaryl/α,β-unsaturated/α-hetero) is 1. The number of carbonyl (C=O) groups is 2. The Hall–Kier alpha value is -2.80. The highest BCUT2D eigenvalue weighted by molar-refractivity contribution is 7.12. The molecular weight excluding hydrogens is 433 g/mol. The summed E-state index contributed by atoms with van der Waals surface area (Å²) in [6, 6.07) is 13.1. The molecule has 8 heteroatoms. The number of aliphatic hydroxyl groups is 1. The molecule has 5 nitrogen and oxygen atoms in total. The van der Waals surface area contributed by atoms with Crippen LogP contribution in [0.4, 0.5) is 5.69 Å². The van der Waals surface area contributed by atoms with Crippen molar-refractivity contribution in [1.82, 2.24) is 0 Å². The van der Waals surface area contributed by atoms with Gasteiger partial charge in [0.25, 0.3) is 5.91 Å². The lowest BCUT2D eigenvalue weighted by atomic mass is 9.95. The van der Waals surface area contributed by atoms with Crippen molar-refractivity contribution in [3.8, 4) is 5.75 Å². The third-order valence-electron chi connectivity index (χ3n) is 4.53. The van der Waals surface area contributed by atoms with Gasteiger partial charge in [0.2, 0.25) is 5.78 Å². The first-order valence-corrected chi connectivity index (χ1v) is 10.1. The van der Waals surface area contributed by atoms with E-state index in [1.54, 1.807) is 29.6 Å². The Labute approximate surface area is 180 Å². The van der Waals surface area contributed by atoms with Gasteiger partial charge in [-0.1, -0.05) is 41.4 Å². The van der Waals surface area contributed by atoms with Crippen molar-refractivity contribution >= 4 is 51.9 Å². The smallest absolute Gasteiger partial charge is 0.294 e. The molecule has 0 fully saturated rings. The van der Waals surface area contributed by atoms with Crippen LogP contribution >= 0.6 is 34.5 Å². The highest BCUT2D eigenvalue weighted by Gasteiger charge is 2.45. The predicted molar refractivity (Wildman–Crippen MR) is 113 cm³/mol. The van der Waals surface area contributed by atoms with Gasteiger partial charge in [0.05, 0.1) is 16.5 Å². The van der Waals surface area contributed by atoms with E-state index in [4.69, 9.17) is 23.2 Å². The molecule has 2 N–H and O–H groups in total. The van der Waals surface area contributed by atoms with Crippen LogP contribution in [0.5, 0.6) is 5.75 Å². The normalized spacial score (nSPS) is 16.6. The molecule has 29 heavy (non-hydrogen) atoms. The van der Waals surface area contributed by atoms with Crippen LogP contribution < -0.4 is 4.90 Å². The molecule has 1 atom stereocenters.